The molecule has 4 nitrogen and oxygen atoms in total. The van der Waals surface area contributed by atoms with Crippen LogP contribution in [-0.2, 0) is 16.8 Å². The molecule has 1 amide bonds. The molecule has 4 aliphatic carbocycles. The molecule has 0 radical (unpaired) electrons. The number of carbonyl (C=O) groups excluding carboxylic acids is 1. The number of piperidine rings is 2. The van der Waals surface area contributed by atoms with Gasteiger partial charge in [0.15, 0.2) is 0 Å². The van der Waals surface area contributed by atoms with Gasteiger partial charge in [0.25, 0.3) is 0 Å². The summed E-state index contributed by atoms with van der Waals surface area (Å²) in [7, 11) is 0. The van der Waals surface area contributed by atoms with Crippen molar-refractivity contribution < 1.29 is 4.79 Å². The molecular formula is C30H43N3O. The van der Waals surface area contributed by atoms with E-state index >= 15 is 0 Å². The number of fused-ring (bicyclic) bond motifs is 2. The monoisotopic (exact) mass is 461 g/mol. The first-order valence-electron chi connectivity index (χ1n) is 14.4. The molecule has 3 heterocycles. The summed E-state index contributed by atoms with van der Waals surface area (Å²) in [5, 5.41) is 0. The Balaban J connectivity index is 0.993. The average Bonchev–Trinajstić information content (AvgIpc) is 2.84. The lowest BCUT2D eigenvalue weighted by molar-refractivity contribution is -0.131. The number of nitrogens with zero attached hydrogens (tertiary/aromatic N) is 3. The molecule has 1 aromatic rings. The fraction of sp³-hybridized carbons (Fsp3) is 0.767. The molecule has 0 atom stereocenters. The maximum atomic E-state index is 12.3. The van der Waals surface area contributed by atoms with E-state index < -0.39 is 0 Å². The van der Waals surface area contributed by atoms with E-state index in [1.165, 1.54) is 63.0 Å². The second-order valence-corrected chi connectivity index (χ2v) is 13.0. The lowest BCUT2D eigenvalue weighted by Crippen LogP contribution is -2.59. The van der Waals surface area contributed by atoms with Crippen LogP contribution >= 0.6 is 0 Å². The average molecular weight is 462 g/mol. The van der Waals surface area contributed by atoms with E-state index in [1.54, 1.807) is 39.0 Å². The topological polar surface area (TPSA) is 26.8 Å². The van der Waals surface area contributed by atoms with Gasteiger partial charge in [-0.1, -0.05) is 24.3 Å². The van der Waals surface area contributed by atoms with Gasteiger partial charge >= 0.3 is 0 Å². The van der Waals surface area contributed by atoms with E-state index in [-0.39, 0.29) is 11.3 Å². The molecule has 0 aromatic heterocycles. The van der Waals surface area contributed by atoms with Gasteiger partial charge in [-0.05, 0) is 119 Å². The van der Waals surface area contributed by atoms with Gasteiger partial charge in [-0.25, -0.2) is 0 Å². The van der Waals surface area contributed by atoms with Crippen molar-refractivity contribution in [3.8, 4) is 0 Å². The van der Waals surface area contributed by atoms with Crippen LogP contribution in [0.1, 0.15) is 75.8 Å². The van der Waals surface area contributed by atoms with Gasteiger partial charge < -0.3 is 9.80 Å². The highest BCUT2D eigenvalue weighted by Crippen LogP contribution is 2.55. The van der Waals surface area contributed by atoms with Gasteiger partial charge in [-0.2, -0.15) is 0 Å². The molecular weight excluding hydrogens is 418 g/mol. The molecule has 7 aliphatic rings. The van der Waals surface area contributed by atoms with Crippen LogP contribution < -0.4 is 0 Å². The third-order valence-electron chi connectivity index (χ3n) is 11.3. The van der Waals surface area contributed by atoms with Crippen LogP contribution in [0.25, 0.3) is 0 Å². The third-order valence-corrected chi connectivity index (χ3v) is 11.3. The Bertz CT molecular complexity index is 899. The van der Waals surface area contributed by atoms with E-state index in [1.807, 2.05) is 0 Å². The molecule has 184 valence electrons. The van der Waals surface area contributed by atoms with Crippen LogP contribution in [0, 0.1) is 23.7 Å². The van der Waals surface area contributed by atoms with Gasteiger partial charge in [0.1, 0.15) is 0 Å². The van der Waals surface area contributed by atoms with Gasteiger partial charge in [-0.15, -0.1) is 0 Å². The standard InChI is InChI=1S/C30H43N3O/c1-21(34)33-19-24-4-2-3-5-28(24)30(20-33)8-12-31(13-9-30)27-6-10-32(11-7-27)29-25-15-22-14-23(17-25)18-26(29)16-22/h2-5,22-23,25-27,29H,6-20H2,1H3. The molecule has 4 saturated carbocycles. The Morgan fingerprint density at radius 2 is 1.50 bits per heavy atom. The van der Waals surface area contributed by atoms with Crippen LogP contribution in [0.5, 0.6) is 0 Å². The first kappa shape index (κ1) is 21.9. The third kappa shape index (κ3) is 3.58. The van der Waals surface area contributed by atoms with E-state index in [0.29, 0.717) is 0 Å². The fourth-order valence-corrected chi connectivity index (χ4v) is 9.90. The SMILES string of the molecule is CC(=O)N1Cc2ccccc2C2(CCN(C3CCN(C4C5CC6CC(C5)CC4C6)CC3)CC2)C1. The van der Waals surface area contributed by atoms with Gasteiger partial charge in [0.05, 0.1) is 0 Å². The maximum Gasteiger partial charge on any atom is 0.219 e. The number of rotatable bonds is 2. The molecule has 4 bridgehead atoms. The Hall–Kier alpha value is -1.39. The summed E-state index contributed by atoms with van der Waals surface area (Å²) in [6.07, 6.45) is 12.9. The summed E-state index contributed by atoms with van der Waals surface area (Å²) in [6.45, 7) is 8.51. The number of carbonyl (C=O) groups is 1. The quantitative estimate of drug-likeness (QED) is 0.640. The highest BCUT2D eigenvalue weighted by atomic mass is 16.2. The van der Waals surface area contributed by atoms with Crippen molar-refractivity contribution in [3.63, 3.8) is 0 Å². The van der Waals surface area contributed by atoms with E-state index in [2.05, 4.69) is 39.0 Å². The smallest absolute Gasteiger partial charge is 0.219 e. The lowest BCUT2D eigenvalue weighted by atomic mass is 9.53. The minimum atomic E-state index is 0.165. The predicted octanol–water partition coefficient (Wildman–Crippen LogP) is 4.67. The first-order chi connectivity index (χ1) is 16.6. The van der Waals surface area contributed by atoms with Crippen LogP contribution in [-0.4, -0.2) is 65.4 Å². The van der Waals surface area contributed by atoms with Gasteiger partial charge in [-0.3, -0.25) is 9.69 Å². The lowest BCUT2D eigenvalue weighted by Gasteiger charge is -2.58. The summed E-state index contributed by atoms with van der Waals surface area (Å²) in [6, 6.07) is 10.6. The summed E-state index contributed by atoms with van der Waals surface area (Å²) in [5.74, 6) is 4.45. The maximum absolute atomic E-state index is 12.3. The Kier molecular flexibility index (Phi) is 5.36. The summed E-state index contributed by atoms with van der Waals surface area (Å²) in [5.41, 5.74) is 3.07. The zero-order chi connectivity index (χ0) is 22.9. The normalized spacial score (nSPS) is 37.8. The molecule has 0 N–H and O–H groups in total. The van der Waals surface area contributed by atoms with Gasteiger partial charge in [0, 0.05) is 37.5 Å². The fourth-order valence-electron chi connectivity index (χ4n) is 9.90. The number of hydrogen-bond donors (Lipinski definition) is 0. The summed E-state index contributed by atoms with van der Waals surface area (Å²) >= 11 is 0. The van der Waals surface area contributed by atoms with Crippen LogP contribution in [0.3, 0.4) is 0 Å². The largest absolute Gasteiger partial charge is 0.338 e. The Morgan fingerprint density at radius 3 is 2.15 bits per heavy atom. The first-order valence-corrected chi connectivity index (χ1v) is 14.4. The van der Waals surface area contributed by atoms with E-state index in [4.69, 9.17) is 0 Å². The molecule has 1 spiro atoms. The molecule has 1 aromatic carbocycles. The Morgan fingerprint density at radius 1 is 0.853 bits per heavy atom. The van der Waals surface area contributed by atoms with Crippen molar-refractivity contribution in [3.05, 3.63) is 35.4 Å². The molecule has 34 heavy (non-hydrogen) atoms. The zero-order valence-corrected chi connectivity index (χ0v) is 21.1. The predicted molar refractivity (Wildman–Crippen MR) is 135 cm³/mol. The summed E-state index contributed by atoms with van der Waals surface area (Å²) < 4.78 is 0. The van der Waals surface area contributed by atoms with Crippen molar-refractivity contribution in [1.82, 2.24) is 14.7 Å². The van der Waals surface area contributed by atoms with Crippen LogP contribution in [0.2, 0.25) is 0 Å². The Labute approximate surface area is 206 Å². The minimum Gasteiger partial charge on any atom is -0.338 e. The second kappa shape index (κ2) is 8.34. The van der Waals surface area contributed by atoms with Crippen LogP contribution in [0.4, 0.5) is 0 Å². The highest BCUT2D eigenvalue weighted by molar-refractivity contribution is 5.74. The van der Waals surface area contributed by atoms with Crippen molar-refractivity contribution >= 4 is 5.91 Å². The highest BCUT2D eigenvalue weighted by Gasteiger charge is 2.50. The minimum absolute atomic E-state index is 0.165. The molecule has 4 heteroatoms. The van der Waals surface area contributed by atoms with E-state index in [9.17, 15) is 4.79 Å². The van der Waals surface area contributed by atoms with Crippen LogP contribution in [0.15, 0.2) is 24.3 Å². The van der Waals surface area contributed by atoms with E-state index in [0.717, 1.165) is 48.8 Å². The van der Waals surface area contributed by atoms with Crippen molar-refractivity contribution in [2.75, 3.05) is 32.7 Å². The molecule has 3 aliphatic heterocycles. The molecule has 8 rings (SSSR count). The summed E-state index contributed by atoms with van der Waals surface area (Å²) in [4.78, 5) is 20.2. The van der Waals surface area contributed by atoms with Crippen molar-refractivity contribution in [2.24, 2.45) is 23.7 Å². The number of hydrogen-bond acceptors (Lipinski definition) is 3. The van der Waals surface area contributed by atoms with Gasteiger partial charge in [0.2, 0.25) is 5.91 Å². The second-order valence-electron chi connectivity index (χ2n) is 13.0. The molecule has 0 unspecified atom stereocenters. The number of benzene rings is 1. The van der Waals surface area contributed by atoms with Crippen molar-refractivity contribution in [1.29, 1.82) is 0 Å². The number of likely N-dealkylation sites (tertiary alicyclic amines) is 2. The number of amides is 1. The van der Waals surface area contributed by atoms with Crippen molar-refractivity contribution in [2.45, 2.75) is 88.8 Å². The molecule has 2 saturated heterocycles. The zero-order valence-electron chi connectivity index (χ0n) is 21.1. The molecule has 6 fully saturated rings.